The third kappa shape index (κ3) is 2.36. The standard InChI is InChI=1S/C15H12F2N4O2/c16-8-1-2-9(17)14-12(8)11-7(6-23-14)13(11)21-15(22)20-10-5-18-3-4-19-10/h1-5,7,11,13H,6H2,(H2,19,20,21,22)/t7-,11-,13?/m0/s1. The normalized spacial score (nSPS) is 24.0. The van der Waals surface area contributed by atoms with Crippen LogP contribution >= 0.6 is 0 Å². The minimum Gasteiger partial charge on any atom is -0.490 e. The molecular weight excluding hydrogens is 306 g/mol. The van der Waals surface area contributed by atoms with E-state index in [1.807, 2.05) is 0 Å². The van der Waals surface area contributed by atoms with Gasteiger partial charge in [0.05, 0.1) is 12.8 Å². The van der Waals surface area contributed by atoms with Crippen molar-refractivity contribution in [2.24, 2.45) is 5.92 Å². The number of halogens is 2. The van der Waals surface area contributed by atoms with E-state index in [4.69, 9.17) is 4.74 Å². The van der Waals surface area contributed by atoms with E-state index in [2.05, 4.69) is 20.6 Å². The van der Waals surface area contributed by atoms with Crippen LogP contribution in [0.3, 0.4) is 0 Å². The first kappa shape index (κ1) is 13.9. The molecule has 0 saturated heterocycles. The second-order valence-corrected chi connectivity index (χ2v) is 5.49. The Labute approximate surface area is 129 Å². The van der Waals surface area contributed by atoms with Gasteiger partial charge in [-0.2, -0.15) is 0 Å². The van der Waals surface area contributed by atoms with Gasteiger partial charge in [0.25, 0.3) is 0 Å². The number of anilines is 1. The first-order valence-corrected chi connectivity index (χ1v) is 7.09. The van der Waals surface area contributed by atoms with Crippen LogP contribution < -0.4 is 15.4 Å². The minimum atomic E-state index is -0.588. The summed E-state index contributed by atoms with van der Waals surface area (Å²) in [6, 6.07) is 1.35. The molecule has 0 radical (unpaired) electrons. The Morgan fingerprint density at radius 1 is 1.26 bits per heavy atom. The Kier molecular flexibility index (Phi) is 3.10. The number of hydrogen-bond donors (Lipinski definition) is 2. The van der Waals surface area contributed by atoms with Gasteiger partial charge < -0.3 is 10.1 Å². The minimum absolute atomic E-state index is 0.0510. The predicted molar refractivity (Wildman–Crippen MR) is 76.1 cm³/mol. The summed E-state index contributed by atoms with van der Waals surface area (Å²) in [5.41, 5.74) is 0.200. The highest BCUT2D eigenvalue weighted by molar-refractivity contribution is 5.88. The molecule has 2 N–H and O–H groups in total. The van der Waals surface area contributed by atoms with Crippen LogP contribution in [-0.4, -0.2) is 28.6 Å². The summed E-state index contributed by atoms with van der Waals surface area (Å²) in [5, 5.41) is 5.29. The molecule has 118 valence electrons. The first-order valence-electron chi connectivity index (χ1n) is 7.09. The van der Waals surface area contributed by atoms with Crippen molar-refractivity contribution in [2.45, 2.75) is 12.0 Å². The van der Waals surface area contributed by atoms with Gasteiger partial charge in [-0.1, -0.05) is 0 Å². The molecule has 0 bridgehead atoms. The maximum absolute atomic E-state index is 14.0. The van der Waals surface area contributed by atoms with E-state index in [1.54, 1.807) is 0 Å². The highest BCUT2D eigenvalue weighted by Gasteiger charge is 2.57. The van der Waals surface area contributed by atoms with Gasteiger partial charge in [0.15, 0.2) is 17.4 Å². The van der Waals surface area contributed by atoms with Gasteiger partial charge in [-0.15, -0.1) is 0 Å². The van der Waals surface area contributed by atoms with Gasteiger partial charge in [-0.3, -0.25) is 10.3 Å². The van der Waals surface area contributed by atoms with Gasteiger partial charge in [0.2, 0.25) is 0 Å². The average Bonchev–Trinajstić information content (AvgIpc) is 3.24. The molecule has 2 aliphatic rings. The van der Waals surface area contributed by atoms with Crippen LogP contribution in [0.4, 0.5) is 19.4 Å². The zero-order valence-corrected chi connectivity index (χ0v) is 11.8. The van der Waals surface area contributed by atoms with Crippen LogP contribution in [0, 0.1) is 17.6 Å². The van der Waals surface area contributed by atoms with Crippen molar-refractivity contribution in [1.29, 1.82) is 0 Å². The molecule has 2 amide bonds. The Balaban J connectivity index is 1.49. The van der Waals surface area contributed by atoms with Gasteiger partial charge in [-0.25, -0.2) is 18.6 Å². The smallest absolute Gasteiger partial charge is 0.320 e. The lowest BCUT2D eigenvalue weighted by Gasteiger charge is -2.16. The zero-order chi connectivity index (χ0) is 16.0. The van der Waals surface area contributed by atoms with Crippen molar-refractivity contribution in [1.82, 2.24) is 15.3 Å². The quantitative estimate of drug-likeness (QED) is 0.888. The molecular formula is C15H12F2N4O2. The number of carbonyl (C=O) groups is 1. The number of nitrogens with zero attached hydrogens (tertiary/aromatic N) is 2. The number of hydrogen-bond acceptors (Lipinski definition) is 4. The summed E-state index contributed by atoms with van der Waals surface area (Å²) in [7, 11) is 0. The number of carbonyl (C=O) groups excluding carboxylic acids is 1. The van der Waals surface area contributed by atoms with Crippen molar-refractivity contribution in [3.8, 4) is 5.75 Å². The third-order valence-corrected chi connectivity index (χ3v) is 4.12. The maximum Gasteiger partial charge on any atom is 0.320 e. The lowest BCUT2D eigenvalue weighted by atomic mass is 10.0. The Morgan fingerprint density at radius 2 is 2.09 bits per heavy atom. The van der Waals surface area contributed by atoms with Gasteiger partial charge in [-0.05, 0) is 12.1 Å². The predicted octanol–water partition coefficient (Wildman–Crippen LogP) is 2.05. The van der Waals surface area contributed by atoms with Crippen molar-refractivity contribution in [2.75, 3.05) is 11.9 Å². The number of ether oxygens (including phenoxy) is 1. The molecule has 1 aliphatic heterocycles. The summed E-state index contributed by atoms with van der Waals surface area (Å²) >= 11 is 0. The van der Waals surface area contributed by atoms with Crippen LogP contribution in [0.15, 0.2) is 30.7 Å². The molecule has 0 spiro atoms. The molecule has 23 heavy (non-hydrogen) atoms. The summed E-state index contributed by atoms with van der Waals surface area (Å²) in [6.07, 6.45) is 4.35. The molecule has 4 rings (SSSR count). The molecule has 1 aromatic heterocycles. The fraction of sp³-hybridized carbons (Fsp3) is 0.267. The average molecular weight is 318 g/mol. The Hall–Kier alpha value is -2.77. The van der Waals surface area contributed by atoms with E-state index in [1.165, 1.54) is 18.6 Å². The third-order valence-electron chi connectivity index (χ3n) is 4.12. The van der Waals surface area contributed by atoms with Crippen LogP contribution in [0.1, 0.15) is 11.5 Å². The van der Waals surface area contributed by atoms with Crippen LogP contribution in [0.5, 0.6) is 5.75 Å². The fourth-order valence-electron chi connectivity index (χ4n) is 3.02. The van der Waals surface area contributed by atoms with Crippen LogP contribution in [-0.2, 0) is 0 Å². The van der Waals surface area contributed by atoms with Gasteiger partial charge in [0, 0.05) is 35.8 Å². The van der Waals surface area contributed by atoms with Crippen molar-refractivity contribution >= 4 is 11.8 Å². The van der Waals surface area contributed by atoms with Crippen LogP contribution in [0.25, 0.3) is 0 Å². The van der Waals surface area contributed by atoms with Crippen molar-refractivity contribution < 1.29 is 18.3 Å². The Bertz CT molecular complexity index is 772. The largest absolute Gasteiger partial charge is 0.490 e. The molecule has 3 atom stereocenters. The second kappa shape index (κ2) is 5.15. The monoisotopic (exact) mass is 318 g/mol. The van der Waals surface area contributed by atoms with E-state index in [0.717, 1.165) is 12.1 Å². The number of urea groups is 1. The summed E-state index contributed by atoms with van der Waals surface area (Å²) < 4.78 is 33.0. The van der Waals surface area contributed by atoms with E-state index in [-0.39, 0.29) is 35.8 Å². The number of rotatable bonds is 2. The number of amides is 2. The Morgan fingerprint density at radius 3 is 2.87 bits per heavy atom. The van der Waals surface area contributed by atoms with Crippen molar-refractivity contribution in [3.05, 3.63) is 47.9 Å². The molecule has 6 nitrogen and oxygen atoms in total. The lowest BCUT2D eigenvalue weighted by Crippen LogP contribution is -2.32. The molecule has 1 aromatic carbocycles. The lowest BCUT2D eigenvalue weighted by molar-refractivity contribution is 0.247. The summed E-state index contributed by atoms with van der Waals surface area (Å²) in [6.45, 7) is 0.244. The van der Waals surface area contributed by atoms with Gasteiger partial charge in [0.1, 0.15) is 5.82 Å². The molecule has 2 aromatic rings. The summed E-state index contributed by atoms with van der Waals surface area (Å²) in [4.78, 5) is 19.7. The van der Waals surface area contributed by atoms with Crippen LogP contribution in [0.2, 0.25) is 0 Å². The van der Waals surface area contributed by atoms with Gasteiger partial charge >= 0.3 is 6.03 Å². The maximum atomic E-state index is 14.0. The molecule has 2 heterocycles. The van der Waals surface area contributed by atoms with E-state index in [0.29, 0.717) is 5.82 Å². The summed E-state index contributed by atoms with van der Waals surface area (Å²) in [5.74, 6) is -1.19. The van der Waals surface area contributed by atoms with E-state index < -0.39 is 17.7 Å². The van der Waals surface area contributed by atoms with E-state index >= 15 is 0 Å². The molecule has 1 aliphatic carbocycles. The second-order valence-electron chi connectivity index (χ2n) is 5.49. The number of nitrogens with one attached hydrogen (secondary N) is 2. The molecule has 8 heteroatoms. The molecule has 1 fully saturated rings. The number of aromatic nitrogens is 2. The highest BCUT2D eigenvalue weighted by Crippen LogP contribution is 2.55. The number of benzene rings is 1. The van der Waals surface area contributed by atoms with E-state index in [9.17, 15) is 13.6 Å². The highest BCUT2D eigenvalue weighted by atomic mass is 19.1. The zero-order valence-electron chi connectivity index (χ0n) is 11.8. The number of fused-ring (bicyclic) bond motifs is 3. The van der Waals surface area contributed by atoms with Crippen molar-refractivity contribution in [3.63, 3.8) is 0 Å². The first-order chi connectivity index (χ1) is 11.1. The molecule has 1 unspecified atom stereocenters. The molecule has 1 saturated carbocycles. The fourth-order valence-corrected chi connectivity index (χ4v) is 3.02. The SMILES string of the molecule is O=C(Nc1cnccn1)NC1[C@H]2COc3c(F)ccc(F)c3[C@@H]12. The topological polar surface area (TPSA) is 76.1 Å².